The first-order valence-electron chi connectivity index (χ1n) is 22.7. The zero-order valence-electron chi connectivity index (χ0n) is 36.3. The van der Waals surface area contributed by atoms with Crippen LogP contribution in [0.25, 0.3) is 133 Å². The quantitative estimate of drug-likeness (QED) is 0.150. The van der Waals surface area contributed by atoms with Crippen LogP contribution in [0.1, 0.15) is 0 Å². The maximum atomic E-state index is 6.66. The molecule has 0 atom stereocenters. The average Bonchev–Trinajstić information content (AvgIpc) is 3.78. The van der Waals surface area contributed by atoms with Gasteiger partial charge in [0.05, 0.1) is 22.6 Å². The monoisotopic (exact) mass is 853 g/mol. The van der Waals surface area contributed by atoms with Crippen molar-refractivity contribution in [3.05, 3.63) is 237 Å². The Morgan fingerprint density at radius 3 is 1.58 bits per heavy atom. The van der Waals surface area contributed by atoms with Crippen molar-refractivity contribution in [2.24, 2.45) is 0 Å². The molecule has 0 aliphatic heterocycles. The number of pyridine rings is 1. The molecule has 0 fully saturated rings. The lowest BCUT2D eigenvalue weighted by Crippen LogP contribution is -1.97. The third-order valence-electron chi connectivity index (χ3n) is 13.1. The fraction of sp³-hybridized carbons (Fsp3) is 0. The van der Waals surface area contributed by atoms with Crippen molar-refractivity contribution in [3.63, 3.8) is 0 Å². The molecule has 0 N–H and O–H groups in total. The number of nitrogens with zero attached hydrogens (tertiary/aromatic N) is 3. The summed E-state index contributed by atoms with van der Waals surface area (Å²) in [6.07, 6.45) is 0. The van der Waals surface area contributed by atoms with Gasteiger partial charge in [-0.05, 0) is 81.1 Å². The Labute approximate surface area is 387 Å². The lowest BCUT2D eigenvalue weighted by molar-refractivity contribution is 0.669. The van der Waals surface area contributed by atoms with Gasteiger partial charge in [0, 0.05) is 54.7 Å². The van der Waals surface area contributed by atoms with Crippen molar-refractivity contribution in [1.82, 2.24) is 15.0 Å². The summed E-state index contributed by atoms with van der Waals surface area (Å²) in [7, 11) is 0. The molecule has 4 heteroatoms. The van der Waals surface area contributed by atoms with E-state index in [1.807, 2.05) is 18.2 Å². The molecule has 0 bridgehead atoms. The van der Waals surface area contributed by atoms with E-state index in [1.165, 1.54) is 0 Å². The number of para-hydroxylation sites is 2. The molecule has 3 aromatic heterocycles. The Bertz CT molecular complexity index is 4030. The second kappa shape index (κ2) is 15.9. The summed E-state index contributed by atoms with van der Waals surface area (Å²) in [6, 6.07) is 83.2. The first kappa shape index (κ1) is 38.5. The van der Waals surface area contributed by atoms with Crippen LogP contribution in [0.3, 0.4) is 0 Å². The fourth-order valence-corrected chi connectivity index (χ4v) is 9.97. The number of fused-ring (bicyclic) bond motifs is 7. The van der Waals surface area contributed by atoms with Gasteiger partial charge in [-0.25, -0.2) is 15.0 Å². The van der Waals surface area contributed by atoms with Gasteiger partial charge in [0.15, 0.2) is 5.82 Å². The second-order valence-electron chi connectivity index (χ2n) is 17.1. The van der Waals surface area contributed by atoms with Crippen LogP contribution in [0.15, 0.2) is 241 Å². The number of furan rings is 1. The Hall–Kier alpha value is -8.99. The molecule has 0 saturated heterocycles. The number of aromatic nitrogens is 3. The minimum atomic E-state index is 0.677. The van der Waals surface area contributed by atoms with Crippen LogP contribution in [0.5, 0.6) is 0 Å². The van der Waals surface area contributed by atoms with E-state index in [0.717, 1.165) is 127 Å². The van der Waals surface area contributed by atoms with Gasteiger partial charge in [0.1, 0.15) is 11.2 Å². The number of hydrogen-bond donors (Lipinski definition) is 0. The van der Waals surface area contributed by atoms with Crippen LogP contribution >= 0.6 is 0 Å². The molecular formula is C63H39N3O. The van der Waals surface area contributed by atoms with Crippen molar-refractivity contribution >= 4 is 54.4 Å². The maximum Gasteiger partial charge on any atom is 0.161 e. The van der Waals surface area contributed by atoms with E-state index >= 15 is 0 Å². The zero-order valence-corrected chi connectivity index (χ0v) is 36.3. The highest BCUT2D eigenvalue weighted by Gasteiger charge is 2.22. The van der Waals surface area contributed by atoms with Gasteiger partial charge in [-0.1, -0.05) is 194 Å². The van der Waals surface area contributed by atoms with Crippen molar-refractivity contribution in [1.29, 1.82) is 0 Å². The van der Waals surface area contributed by atoms with Crippen LogP contribution in [0.4, 0.5) is 0 Å². The van der Waals surface area contributed by atoms with Crippen molar-refractivity contribution in [2.45, 2.75) is 0 Å². The minimum Gasteiger partial charge on any atom is -0.456 e. The fourth-order valence-electron chi connectivity index (χ4n) is 9.97. The van der Waals surface area contributed by atoms with Gasteiger partial charge in [-0.2, -0.15) is 0 Å². The topological polar surface area (TPSA) is 51.8 Å². The Kier molecular flexibility index (Phi) is 9.14. The minimum absolute atomic E-state index is 0.677. The predicted octanol–water partition coefficient (Wildman–Crippen LogP) is 16.9. The van der Waals surface area contributed by atoms with Crippen LogP contribution in [-0.2, 0) is 0 Å². The van der Waals surface area contributed by atoms with Gasteiger partial charge in [0.2, 0.25) is 0 Å². The molecular weight excluding hydrogens is 815 g/mol. The highest BCUT2D eigenvalue weighted by atomic mass is 16.3. The second-order valence-corrected chi connectivity index (χ2v) is 17.1. The van der Waals surface area contributed by atoms with E-state index in [4.69, 9.17) is 19.4 Å². The first-order chi connectivity index (χ1) is 33.2. The lowest BCUT2D eigenvalue weighted by Gasteiger charge is -2.16. The Morgan fingerprint density at radius 2 is 0.821 bits per heavy atom. The van der Waals surface area contributed by atoms with Crippen molar-refractivity contribution < 1.29 is 4.42 Å². The summed E-state index contributed by atoms with van der Waals surface area (Å²) < 4.78 is 6.66. The molecule has 0 spiro atoms. The van der Waals surface area contributed by atoms with Gasteiger partial charge in [-0.15, -0.1) is 0 Å². The van der Waals surface area contributed by atoms with E-state index in [0.29, 0.717) is 5.82 Å². The van der Waals surface area contributed by atoms with Gasteiger partial charge in [-0.3, -0.25) is 0 Å². The summed E-state index contributed by atoms with van der Waals surface area (Å²) in [5.74, 6) is 0.677. The summed E-state index contributed by atoms with van der Waals surface area (Å²) in [6.45, 7) is 0. The van der Waals surface area contributed by atoms with Crippen molar-refractivity contribution in [2.75, 3.05) is 0 Å². The lowest BCUT2D eigenvalue weighted by atomic mass is 9.89. The third-order valence-corrected chi connectivity index (χ3v) is 13.1. The molecule has 312 valence electrons. The normalized spacial score (nSPS) is 11.6. The summed E-state index contributed by atoms with van der Waals surface area (Å²) in [4.78, 5) is 16.1. The molecule has 67 heavy (non-hydrogen) atoms. The molecule has 0 unspecified atom stereocenters. The van der Waals surface area contributed by atoms with Gasteiger partial charge in [0.25, 0.3) is 0 Å². The average molecular weight is 854 g/mol. The predicted molar refractivity (Wildman–Crippen MR) is 278 cm³/mol. The molecule has 0 aliphatic carbocycles. The molecule has 13 rings (SSSR count). The van der Waals surface area contributed by atoms with Gasteiger partial charge < -0.3 is 4.42 Å². The number of benzene rings is 10. The number of hydrogen-bond acceptors (Lipinski definition) is 4. The van der Waals surface area contributed by atoms with E-state index in [9.17, 15) is 0 Å². The Morgan fingerprint density at radius 1 is 0.284 bits per heavy atom. The first-order valence-corrected chi connectivity index (χ1v) is 22.7. The smallest absolute Gasteiger partial charge is 0.161 e. The van der Waals surface area contributed by atoms with Gasteiger partial charge >= 0.3 is 0 Å². The van der Waals surface area contributed by atoms with Crippen LogP contribution in [-0.4, -0.2) is 15.0 Å². The summed E-state index contributed by atoms with van der Waals surface area (Å²) in [5.41, 5.74) is 16.2. The molecule has 3 heterocycles. The SMILES string of the molecule is c1ccc(-c2cccc(-c3cc(-c4ccccc4)nc(-c4ccc(-c5cccc(-c6nc7ccccc7c7c(-c8ccccc8)c8c(cc67)oc6ccccc68)c5)c5ccccc45)n3)c2)cc1. The maximum absolute atomic E-state index is 6.66. The molecule has 4 nitrogen and oxygen atoms in total. The van der Waals surface area contributed by atoms with E-state index in [-0.39, 0.29) is 0 Å². The van der Waals surface area contributed by atoms with Crippen LogP contribution in [0, 0.1) is 0 Å². The van der Waals surface area contributed by atoms with Crippen LogP contribution in [0.2, 0.25) is 0 Å². The third kappa shape index (κ3) is 6.65. The highest BCUT2D eigenvalue weighted by Crippen LogP contribution is 2.47. The molecule has 0 amide bonds. The van der Waals surface area contributed by atoms with E-state index in [2.05, 4.69) is 218 Å². The molecule has 0 saturated carbocycles. The van der Waals surface area contributed by atoms with E-state index < -0.39 is 0 Å². The zero-order chi connectivity index (χ0) is 44.3. The highest BCUT2D eigenvalue weighted by molar-refractivity contribution is 6.27. The summed E-state index contributed by atoms with van der Waals surface area (Å²) in [5, 5.41) is 7.72. The standard InChI is InChI=1S/C63H39N3O/c1-4-18-40(19-5-1)43-24-16-26-45(36-43)56-39-55(41-20-6-2-7-21-41)65-63(66-56)50-35-34-47(48-28-10-11-29-49(48)50)44-25-17-27-46(37-44)62-53-38-58-61(52-31-13-15-33-57(52)67-58)59(42-22-8-3-9-23-42)60(53)51-30-12-14-32-54(51)64-62/h1-39H. The molecule has 13 aromatic rings. The molecule has 0 aliphatic rings. The van der Waals surface area contributed by atoms with Crippen molar-refractivity contribution in [3.8, 4) is 78.5 Å². The molecule has 10 aromatic carbocycles. The largest absolute Gasteiger partial charge is 0.456 e. The summed E-state index contributed by atoms with van der Waals surface area (Å²) >= 11 is 0. The number of rotatable bonds is 7. The Balaban J connectivity index is 0.989. The van der Waals surface area contributed by atoms with Crippen LogP contribution < -0.4 is 0 Å². The molecule has 0 radical (unpaired) electrons. The van der Waals surface area contributed by atoms with E-state index in [1.54, 1.807) is 0 Å².